The smallest absolute Gasteiger partial charge is 0.336 e. The second-order valence-electron chi connectivity index (χ2n) is 4.45. The van der Waals surface area contributed by atoms with Crippen LogP contribution in [0.4, 0.5) is 0 Å². The van der Waals surface area contributed by atoms with Gasteiger partial charge in [-0.1, -0.05) is 18.2 Å². The molecule has 1 saturated carbocycles. The minimum absolute atomic E-state index is 0.276. The van der Waals surface area contributed by atoms with Gasteiger partial charge in [0, 0.05) is 17.2 Å². The molecule has 0 bridgehead atoms. The summed E-state index contributed by atoms with van der Waals surface area (Å²) < 4.78 is 0. The standard InChI is InChI=1S/C14H12N2O2/c17-14(18)11-4-2-1-3-10(11)13-7-12(9-5-6-9)15-8-16-13/h1-4,7-9H,5-6H2,(H,17,18). The summed E-state index contributed by atoms with van der Waals surface area (Å²) in [5.74, 6) is -0.402. The molecule has 4 heteroatoms. The van der Waals surface area contributed by atoms with Gasteiger partial charge in [0.05, 0.1) is 11.3 Å². The summed E-state index contributed by atoms with van der Waals surface area (Å²) in [7, 11) is 0. The zero-order chi connectivity index (χ0) is 12.5. The molecule has 1 fully saturated rings. The Morgan fingerprint density at radius 1 is 1.22 bits per heavy atom. The number of aromatic nitrogens is 2. The van der Waals surface area contributed by atoms with Crippen LogP contribution in [-0.4, -0.2) is 21.0 Å². The predicted molar refractivity (Wildman–Crippen MR) is 66.4 cm³/mol. The number of nitrogens with zero attached hydrogens (tertiary/aromatic N) is 2. The first-order valence-corrected chi connectivity index (χ1v) is 5.90. The minimum Gasteiger partial charge on any atom is -0.478 e. The maximum absolute atomic E-state index is 11.2. The second-order valence-corrected chi connectivity index (χ2v) is 4.45. The number of carbonyl (C=O) groups is 1. The number of benzene rings is 1. The molecule has 1 aliphatic rings. The van der Waals surface area contributed by atoms with Crippen molar-refractivity contribution in [2.45, 2.75) is 18.8 Å². The lowest BCUT2D eigenvalue weighted by Gasteiger charge is -2.06. The molecule has 0 aliphatic heterocycles. The molecule has 1 aromatic heterocycles. The minimum atomic E-state index is -0.933. The zero-order valence-corrected chi connectivity index (χ0v) is 9.71. The fourth-order valence-corrected chi connectivity index (χ4v) is 2.01. The topological polar surface area (TPSA) is 63.1 Å². The number of carboxylic acids is 1. The summed E-state index contributed by atoms with van der Waals surface area (Å²) in [6.45, 7) is 0. The van der Waals surface area contributed by atoms with Crippen LogP contribution < -0.4 is 0 Å². The van der Waals surface area contributed by atoms with Gasteiger partial charge in [0.2, 0.25) is 0 Å². The Bertz CT molecular complexity index is 606. The van der Waals surface area contributed by atoms with Crippen LogP contribution in [0.1, 0.15) is 34.8 Å². The van der Waals surface area contributed by atoms with Gasteiger partial charge in [0.1, 0.15) is 6.33 Å². The van der Waals surface area contributed by atoms with Crippen molar-refractivity contribution in [1.82, 2.24) is 9.97 Å². The van der Waals surface area contributed by atoms with Crippen molar-refractivity contribution in [3.63, 3.8) is 0 Å². The van der Waals surface area contributed by atoms with Crippen molar-refractivity contribution < 1.29 is 9.90 Å². The molecule has 0 spiro atoms. The van der Waals surface area contributed by atoms with Crippen LogP contribution in [0.15, 0.2) is 36.7 Å². The molecule has 4 nitrogen and oxygen atoms in total. The fraction of sp³-hybridized carbons (Fsp3) is 0.214. The summed E-state index contributed by atoms with van der Waals surface area (Å²) in [6.07, 6.45) is 3.84. The van der Waals surface area contributed by atoms with E-state index in [2.05, 4.69) is 9.97 Å². The van der Waals surface area contributed by atoms with Gasteiger partial charge >= 0.3 is 5.97 Å². The van der Waals surface area contributed by atoms with Gasteiger partial charge < -0.3 is 5.11 Å². The van der Waals surface area contributed by atoms with Gasteiger partial charge in [-0.2, -0.15) is 0 Å². The average molecular weight is 240 g/mol. The Kier molecular flexibility index (Phi) is 2.55. The highest BCUT2D eigenvalue weighted by Crippen LogP contribution is 2.39. The lowest BCUT2D eigenvalue weighted by molar-refractivity contribution is 0.0697. The van der Waals surface area contributed by atoms with E-state index in [4.69, 9.17) is 0 Å². The van der Waals surface area contributed by atoms with E-state index in [0.717, 1.165) is 18.5 Å². The molecule has 0 radical (unpaired) electrons. The zero-order valence-electron chi connectivity index (χ0n) is 9.71. The van der Waals surface area contributed by atoms with Crippen LogP contribution in [0.25, 0.3) is 11.3 Å². The van der Waals surface area contributed by atoms with Crippen LogP contribution in [0.5, 0.6) is 0 Å². The first-order chi connectivity index (χ1) is 8.75. The Labute approximate surface area is 104 Å². The summed E-state index contributed by atoms with van der Waals surface area (Å²) in [5, 5.41) is 9.17. The van der Waals surface area contributed by atoms with Gasteiger partial charge in [0.15, 0.2) is 0 Å². The molecule has 0 amide bonds. The molecular weight excluding hydrogens is 228 g/mol. The van der Waals surface area contributed by atoms with Crippen molar-refractivity contribution >= 4 is 5.97 Å². The van der Waals surface area contributed by atoms with Crippen molar-refractivity contribution in [2.24, 2.45) is 0 Å². The number of aromatic carboxylic acids is 1. The summed E-state index contributed by atoms with van der Waals surface area (Å²) >= 11 is 0. The molecule has 2 aromatic rings. The average Bonchev–Trinajstić information content (AvgIpc) is 3.23. The summed E-state index contributed by atoms with van der Waals surface area (Å²) in [4.78, 5) is 19.6. The largest absolute Gasteiger partial charge is 0.478 e. The van der Waals surface area contributed by atoms with Crippen LogP contribution in [-0.2, 0) is 0 Å². The number of hydrogen-bond donors (Lipinski definition) is 1. The van der Waals surface area contributed by atoms with Gasteiger partial charge in [-0.25, -0.2) is 14.8 Å². The Balaban J connectivity index is 2.08. The first kappa shape index (κ1) is 10.9. The predicted octanol–water partition coefficient (Wildman–Crippen LogP) is 2.72. The third-order valence-electron chi connectivity index (χ3n) is 3.12. The Hall–Kier alpha value is -2.23. The Morgan fingerprint density at radius 3 is 2.72 bits per heavy atom. The maximum atomic E-state index is 11.2. The van der Waals surface area contributed by atoms with Crippen LogP contribution >= 0.6 is 0 Å². The highest BCUT2D eigenvalue weighted by molar-refractivity contribution is 5.95. The van der Waals surface area contributed by atoms with Gasteiger partial charge in [-0.3, -0.25) is 0 Å². The van der Waals surface area contributed by atoms with E-state index in [1.54, 1.807) is 18.2 Å². The van der Waals surface area contributed by atoms with Gasteiger partial charge in [-0.05, 0) is 25.0 Å². The monoisotopic (exact) mass is 240 g/mol. The molecule has 1 aliphatic carbocycles. The van der Waals surface area contributed by atoms with E-state index in [0.29, 0.717) is 17.2 Å². The molecule has 90 valence electrons. The second kappa shape index (κ2) is 4.22. The van der Waals surface area contributed by atoms with Crippen molar-refractivity contribution in [3.05, 3.63) is 47.9 Å². The van der Waals surface area contributed by atoms with Crippen LogP contribution in [0.2, 0.25) is 0 Å². The maximum Gasteiger partial charge on any atom is 0.336 e. The number of hydrogen-bond acceptors (Lipinski definition) is 3. The highest BCUT2D eigenvalue weighted by Gasteiger charge is 2.25. The lowest BCUT2D eigenvalue weighted by Crippen LogP contribution is -2.00. The molecule has 1 heterocycles. The Morgan fingerprint density at radius 2 is 2.00 bits per heavy atom. The first-order valence-electron chi connectivity index (χ1n) is 5.90. The van der Waals surface area contributed by atoms with Crippen LogP contribution in [0.3, 0.4) is 0 Å². The summed E-state index contributed by atoms with van der Waals surface area (Å²) in [6, 6.07) is 8.81. The number of rotatable bonds is 3. The van der Waals surface area contributed by atoms with E-state index in [9.17, 15) is 9.90 Å². The molecule has 18 heavy (non-hydrogen) atoms. The molecule has 0 unspecified atom stereocenters. The van der Waals surface area contributed by atoms with Crippen LogP contribution in [0, 0.1) is 0 Å². The molecular formula is C14H12N2O2. The molecule has 1 N–H and O–H groups in total. The normalized spacial score (nSPS) is 14.4. The third kappa shape index (κ3) is 1.97. The quantitative estimate of drug-likeness (QED) is 0.895. The van der Waals surface area contributed by atoms with E-state index in [-0.39, 0.29) is 5.56 Å². The highest BCUT2D eigenvalue weighted by atomic mass is 16.4. The summed E-state index contributed by atoms with van der Waals surface area (Å²) in [5.41, 5.74) is 2.62. The van der Waals surface area contributed by atoms with Crippen molar-refractivity contribution in [1.29, 1.82) is 0 Å². The van der Waals surface area contributed by atoms with Gasteiger partial charge in [-0.15, -0.1) is 0 Å². The van der Waals surface area contributed by atoms with E-state index in [1.807, 2.05) is 12.1 Å². The van der Waals surface area contributed by atoms with Gasteiger partial charge in [0.25, 0.3) is 0 Å². The SMILES string of the molecule is O=C(O)c1ccccc1-c1cc(C2CC2)ncn1. The van der Waals surface area contributed by atoms with E-state index >= 15 is 0 Å². The number of carboxylic acid groups (broad SMARTS) is 1. The van der Waals surface area contributed by atoms with E-state index < -0.39 is 5.97 Å². The molecule has 1 aromatic carbocycles. The molecule has 3 rings (SSSR count). The van der Waals surface area contributed by atoms with E-state index in [1.165, 1.54) is 6.33 Å². The lowest BCUT2D eigenvalue weighted by atomic mass is 10.0. The molecule has 0 saturated heterocycles. The molecule has 0 atom stereocenters. The van der Waals surface area contributed by atoms with Crippen molar-refractivity contribution in [2.75, 3.05) is 0 Å². The third-order valence-corrected chi connectivity index (χ3v) is 3.12. The fourth-order valence-electron chi connectivity index (χ4n) is 2.01. The van der Waals surface area contributed by atoms with Crippen molar-refractivity contribution in [3.8, 4) is 11.3 Å².